The van der Waals surface area contributed by atoms with Gasteiger partial charge in [-0.3, -0.25) is 4.79 Å². The molecule has 1 heterocycles. The van der Waals surface area contributed by atoms with E-state index in [0.717, 1.165) is 16.9 Å². The molecule has 0 fully saturated rings. The van der Waals surface area contributed by atoms with Gasteiger partial charge in [0, 0.05) is 5.56 Å². The summed E-state index contributed by atoms with van der Waals surface area (Å²) in [5.74, 6) is 0.605. The van der Waals surface area contributed by atoms with Gasteiger partial charge in [-0.25, -0.2) is 0 Å². The molecule has 0 aliphatic heterocycles. The van der Waals surface area contributed by atoms with Crippen molar-refractivity contribution in [2.75, 3.05) is 5.32 Å². The molecule has 0 saturated carbocycles. The minimum Gasteiger partial charge on any atom is -0.489 e. The summed E-state index contributed by atoms with van der Waals surface area (Å²) in [6.45, 7) is 4.49. The number of halogens is 2. The molecule has 0 bridgehead atoms. The lowest BCUT2D eigenvalue weighted by molar-refractivity contribution is 0.103. The Morgan fingerprint density at radius 2 is 1.81 bits per heavy atom. The topological polar surface area (TPSA) is 38.3 Å². The number of carbonyl (C=O) groups excluding carboxylic acids is 1. The zero-order chi connectivity index (χ0) is 18.7. The number of amides is 1. The van der Waals surface area contributed by atoms with Gasteiger partial charge in [-0.2, -0.15) is 0 Å². The minimum atomic E-state index is -0.247. The van der Waals surface area contributed by atoms with E-state index in [9.17, 15) is 4.79 Å². The number of ether oxygens (including phenoxy) is 1. The van der Waals surface area contributed by atoms with Gasteiger partial charge in [-0.05, 0) is 54.6 Å². The van der Waals surface area contributed by atoms with Gasteiger partial charge in [0.2, 0.25) is 0 Å². The van der Waals surface area contributed by atoms with Gasteiger partial charge >= 0.3 is 0 Å². The number of anilines is 1. The molecule has 134 valence electrons. The summed E-state index contributed by atoms with van der Waals surface area (Å²) in [7, 11) is 0. The van der Waals surface area contributed by atoms with Crippen molar-refractivity contribution in [2.45, 2.75) is 20.5 Å². The standard InChI is InChI=1S/C20H17Cl2NO2S/c1-12-5-3-8-17(13(12)2)25-10-14-9-18(26-11-14)20(24)23-19-15(21)6-4-7-16(19)22/h3-9,11H,10H2,1-2H3,(H,23,24). The van der Waals surface area contributed by atoms with Gasteiger partial charge in [0.25, 0.3) is 5.91 Å². The third-order valence-corrected chi connectivity index (χ3v) is 5.64. The van der Waals surface area contributed by atoms with Crippen LogP contribution in [0.5, 0.6) is 5.75 Å². The fourth-order valence-corrected chi connectivity index (χ4v) is 3.69. The lowest BCUT2D eigenvalue weighted by atomic mass is 10.1. The van der Waals surface area contributed by atoms with E-state index in [1.807, 2.05) is 30.5 Å². The molecular formula is C20H17Cl2NO2S. The summed E-state index contributed by atoms with van der Waals surface area (Å²) < 4.78 is 5.89. The highest BCUT2D eigenvalue weighted by atomic mass is 35.5. The van der Waals surface area contributed by atoms with Crippen LogP contribution in [0.15, 0.2) is 47.8 Å². The van der Waals surface area contributed by atoms with Crippen LogP contribution in [0.25, 0.3) is 0 Å². The monoisotopic (exact) mass is 405 g/mol. The second-order valence-electron chi connectivity index (χ2n) is 5.86. The summed E-state index contributed by atoms with van der Waals surface area (Å²) in [5.41, 5.74) is 3.66. The molecular weight excluding hydrogens is 389 g/mol. The van der Waals surface area contributed by atoms with Gasteiger partial charge in [0.15, 0.2) is 0 Å². The predicted molar refractivity (Wildman–Crippen MR) is 109 cm³/mol. The number of para-hydroxylation sites is 1. The normalized spacial score (nSPS) is 10.6. The zero-order valence-electron chi connectivity index (χ0n) is 14.3. The first kappa shape index (κ1) is 18.8. The molecule has 3 aromatic rings. The highest BCUT2D eigenvalue weighted by Crippen LogP contribution is 2.31. The second kappa shape index (κ2) is 8.12. The number of hydrogen-bond donors (Lipinski definition) is 1. The second-order valence-corrected chi connectivity index (χ2v) is 7.58. The number of nitrogens with one attached hydrogen (secondary N) is 1. The van der Waals surface area contributed by atoms with Crippen molar-refractivity contribution in [1.82, 2.24) is 0 Å². The fraction of sp³-hybridized carbons (Fsp3) is 0.150. The van der Waals surface area contributed by atoms with Crippen molar-refractivity contribution in [3.63, 3.8) is 0 Å². The zero-order valence-corrected chi connectivity index (χ0v) is 16.6. The molecule has 1 aromatic heterocycles. The first-order valence-corrected chi connectivity index (χ1v) is 9.61. The summed E-state index contributed by atoms with van der Waals surface area (Å²) >= 11 is 13.5. The van der Waals surface area contributed by atoms with Crippen LogP contribution < -0.4 is 10.1 Å². The smallest absolute Gasteiger partial charge is 0.265 e. The van der Waals surface area contributed by atoms with Crippen LogP contribution in [0.2, 0.25) is 10.0 Å². The lowest BCUT2D eigenvalue weighted by Gasteiger charge is -2.10. The van der Waals surface area contributed by atoms with Gasteiger partial charge < -0.3 is 10.1 Å². The summed E-state index contributed by atoms with van der Waals surface area (Å²) in [6.07, 6.45) is 0. The molecule has 0 atom stereocenters. The third kappa shape index (κ3) is 4.21. The molecule has 1 amide bonds. The van der Waals surface area contributed by atoms with Crippen molar-refractivity contribution in [3.8, 4) is 5.75 Å². The van der Waals surface area contributed by atoms with Crippen LogP contribution in [0, 0.1) is 13.8 Å². The van der Waals surface area contributed by atoms with Gasteiger partial charge in [0.1, 0.15) is 12.4 Å². The number of thiophene rings is 1. The molecule has 0 unspecified atom stereocenters. The van der Waals surface area contributed by atoms with Crippen LogP contribution in [-0.4, -0.2) is 5.91 Å². The Hall–Kier alpha value is -2.01. The maximum Gasteiger partial charge on any atom is 0.265 e. The molecule has 0 saturated heterocycles. The Morgan fingerprint density at radius 3 is 2.54 bits per heavy atom. The first-order valence-electron chi connectivity index (χ1n) is 7.97. The van der Waals surface area contributed by atoms with Gasteiger partial charge in [0.05, 0.1) is 20.6 Å². The third-order valence-electron chi connectivity index (χ3n) is 4.03. The predicted octanol–water partition coefficient (Wildman–Crippen LogP) is 6.50. The lowest BCUT2D eigenvalue weighted by Crippen LogP contribution is -2.11. The summed E-state index contributed by atoms with van der Waals surface area (Å²) in [4.78, 5) is 13.0. The Balaban J connectivity index is 1.67. The van der Waals surface area contributed by atoms with Crippen LogP contribution in [-0.2, 0) is 6.61 Å². The molecule has 0 radical (unpaired) electrons. The molecule has 0 aliphatic carbocycles. The van der Waals surface area contributed by atoms with Crippen molar-refractivity contribution in [1.29, 1.82) is 0 Å². The van der Waals surface area contributed by atoms with Gasteiger partial charge in [-0.1, -0.05) is 41.4 Å². The number of carbonyl (C=O) groups is 1. The molecule has 0 spiro atoms. The molecule has 26 heavy (non-hydrogen) atoms. The van der Waals surface area contributed by atoms with E-state index in [-0.39, 0.29) is 5.91 Å². The van der Waals surface area contributed by atoms with Crippen LogP contribution in [0.3, 0.4) is 0 Å². The SMILES string of the molecule is Cc1cccc(OCc2csc(C(=O)Nc3c(Cl)cccc3Cl)c2)c1C. The molecule has 1 N–H and O–H groups in total. The number of benzene rings is 2. The Bertz CT molecular complexity index is 932. The van der Waals surface area contributed by atoms with Crippen LogP contribution in [0.1, 0.15) is 26.4 Å². The molecule has 3 nitrogen and oxygen atoms in total. The summed E-state index contributed by atoms with van der Waals surface area (Å²) in [5, 5.41) is 5.48. The Morgan fingerprint density at radius 1 is 1.12 bits per heavy atom. The van der Waals surface area contributed by atoms with Crippen LogP contribution >= 0.6 is 34.5 Å². The highest BCUT2D eigenvalue weighted by Gasteiger charge is 2.14. The average Bonchev–Trinajstić information content (AvgIpc) is 3.08. The van der Waals surface area contributed by atoms with E-state index < -0.39 is 0 Å². The van der Waals surface area contributed by atoms with Crippen molar-refractivity contribution < 1.29 is 9.53 Å². The summed E-state index contributed by atoms with van der Waals surface area (Å²) in [6, 6.07) is 12.9. The largest absolute Gasteiger partial charge is 0.489 e. The minimum absolute atomic E-state index is 0.247. The molecule has 2 aromatic carbocycles. The maximum atomic E-state index is 12.4. The Kier molecular flexibility index (Phi) is 5.87. The van der Waals surface area contributed by atoms with Gasteiger partial charge in [-0.15, -0.1) is 11.3 Å². The first-order chi connectivity index (χ1) is 12.5. The average molecular weight is 406 g/mol. The quantitative estimate of drug-likeness (QED) is 0.525. The highest BCUT2D eigenvalue weighted by molar-refractivity contribution is 7.12. The Labute approximate surface area is 166 Å². The van der Waals surface area contributed by atoms with Crippen molar-refractivity contribution in [3.05, 3.63) is 79.5 Å². The van der Waals surface area contributed by atoms with E-state index in [4.69, 9.17) is 27.9 Å². The van der Waals surface area contributed by atoms with E-state index in [2.05, 4.69) is 18.3 Å². The van der Waals surface area contributed by atoms with E-state index in [1.54, 1.807) is 18.2 Å². The van der Waals surface area contributed by atoms with E-state index >= 15 is 0 Å². The molecule has 3 rings (SSSR count). The van der Waals surface area contributed by atoms with Crippen molar-refractivity contribution in [2.24, 2.45) is 0 Å². The van der Waals surface area contributed by atoms with Crippen molar-refractivity contribution >= 4 is 46.1 Å². The molecule has 0 aliphatic rings. The number of aryl methyl sites for hydroxylation is 1. The van der Waals surface area contributed by atoms with E-state index in [0.29, 0.717) is 27.2 Å². The fourth-order valence-electron chi connectivity index (χ4n) is 2.40. The molecule has 6 heteroatoms. The van der Waals surface area contributed by atoms with E-state index in [1.165, 1.54) is 16.9 Å². The van der Waals surface area contributed by atoms with Crippen LogP contribution in [0.4, 0.5) is 5.69 Å². The number of hydrogen-bond acceptors (Lipinski definition) is 3. The maximum absolute atomic E-state index is 12.4. The number of rotatable bonds is 5.